The standard InChI is InChI=1S/C26H30N2O6/c1-16(24(30)28-14-17(29)13-23(28)25(31)32)7-6-12-27-26(33)34-15-22-20-10-4-2-8-18(20)19-9-3-5-11-21(19)22/h2-5,8-11,16-17,22-23,29H,6-7,12-15H2,1H3,(H,27,33)(H,31,32). The van der Waals surface area contributed by atoms with Gasteiger partial charge in [0.05, 0.1) is 6.10 Å². The summed E-state index contributed by atoms with van der Waals surface area (Å²) < 4.78 is 5.51. The van der Waals surface area contributed by atoms with Crippen molar-refractivity contribution in [3.05, 3.63) is 59.7 Å². The van der Waals surface area contributed by atoms with Crippen LogP contribution in [-0.4, -0.2) is 64.9 Å². The first-order valence-corrected chi connectivity index (χ1v) is 11.7. The number of likely N-dealkylation sites (tertiary alicyclic amines) is 1. The Morgan fingerprint density at radius 1 is 1.09 bits per heavy atom. The highest BCUT2D eigenvalue weighted by molar-refractivity contribution is 5.85. The van der Waals surface area contributed by atoms with Crippen molar-refractivity contribution in [3.8, 4) is 11.1 Å². The highest BCUT2D eigenvalue weighted by Crippen LogP contribution is 2.44. The lowest BCUT2D eigenvalue weighted by Crippen LogP contribution is -2.43. The van der Waals surface area contributed by atoms with E-state index in [1.54, 1.807) is 6.92 Å². The van der Waals surface area contributed by atoms with Crippen molar-refractivity contribution < 1.29 is 29.3 Å². The smallest absolute Gasteiger partial charge is 0.407 e. The maximum atomic E-state index is 12.6. The predicted octanol–water partition coefficient (Wildman–Crippen LogP) is 2.99. The first-order chi connectivity index (χ1) is 16.4. The summed E-state index contributed by atoms with van der Waals surface area (Å²) in [4.78, 5) is 37.5. The van der Waals surface area contributed by atoms with Crippen LogP contribution in [0.1, 0.15) is 43.2 Å². The zero-order chi connectivity index (χ0) is 24.2. The molecule has 3 atom stereocenters. The molecule has 2 aromatic rings. The van der Waals surface area contributed by atoms with Gasteiger partial charge >= 0.3 is 12.1 Å². The average Bonchev–Trinajstić information content (AvgIpc) is 3.38. The van der Waals surface area contributed by atoms with Crippen LogP contribution in [0.2, 0.25) is 0 Å². The minimum atomic E-state index is -1.10. The summed E-state index contributed by atoms with van der Waals surface area (Å²) in [5.74, 6) is -1.80. The van der Waals surface area contributed by atoms with E-state index in [2.05, 4.69) is 29.6 Å². The third-order valence-electron chi connectivity index (χ3n) is 6.70. The lowest BCUT2D eigenvalue weighted by molar-refractivity contribution is -0.149. The second-order valence-electron chi connectivity index (χ2n) is 9.03. The van der Waals surface area contributed by atoms with Crippen LogP contribution in [-0.2, 0) is 14.3 Å². The number of carbonyl (C=O) groups is 3. The molecule has 2 aromatic carbocycles. The number of aliphatic carboxylic acids is 1. The minimum Gasteiger partial charge on any atom is -0.480 e. The van der Waals surface area contributed by atoms with Crippen molar-refractivity contribution in [1.82, 2.24) is 10.2 Å². The van der Waals surface area contributed by atoms with Crippen LogP contribution in [0.4, 0.5) is 4.79 Å². The summed E-state index contributed by atoms with van der Waals surface area (Å²) in [6, 6.07) is 15.3. The van der Waals surface area contributed by atoms with E-state index in [9.17, 15) is 24.6 Å². The Labute approximate surface area is 198 Å². The van der Waals surface area contributed by atoms with Crippen molar-refractivity contribution in [2.45, 2.75) is 44.2 Å². The second kappa shape index (κ2) is 10.3. The Kier molecular flexibility index (Phi) is 7.17. The largest absolute Gasteiger partial charge is 0.480 e. The van der Waals surface area contributed by atoms with Crippen LogP contribution in [0.15, 0.2) is 48.5 Å². The molecular weight excluding hydrogens is 436 g/mol. The van der Waals surface area contributed by atoms with Crippen molar-refractivity contribution in [3.63, 3.8) is 0 Å². The normalized spacial score (nSPS) is 19.9. The average molecular weight is 467 g/mol. The molecule has 3 unspecified atom stereocenters. The molecule has 0 bridgehead atoms. The number of hydrogen-bond donors (Lipinski definition) is 3. The van der Waals surface area contributed by atoms with E-state index in [-0.39, 0.29) is 31.4 Å². The number of fused-ring (bicyclic) bond motifs is 3. The predicted molar refractivity (Wildman–Crippen MR) is 125 cm³/mol. The molecule has 0 saturated carbocycles. The number of benzene rings is 2. The highest BCUT2D eigenvalue weighted by atomic mass is 16.5. The number of aliphatic hydroxyl groups excluding tert-OH is 1. The van der Waals surface area contributed by atoms with Crippen molar-refractivity contribution in [2.75, 3.05) is 19.7 Å². The van der Waals surface area contributed by atoms with Gasteiger partial charge in [0.1, 0.15) is 12.6 Å². The third-order valence-corrected chi connectivity index (χ3v) is 6.70. The fourth-order valence-electron chi connectivity index (χ4n) is 4.95. The SMILES string of the molecule is CC(CCCNC(=O)OCC1c2ccccc2-c2ccccc21)C(=O)N1CC(O)CC1C(=O)O. The zero-order valence-corrected chi connectivity index (χ0v) is 19.1. The number of nitrogens with zero attached hydrogens (tertiary/aromatic N) is 1. The molecule has 8 nitrogen and oxygen atoms in total. The lowest BCUT2D eigenvalue weighted by atomic mass is 9.98. The highest BCUT2D eigenvalue weighted by Gasteiger charge is 2.40. The Bertz CT molecular complexity index is 1030. The van der Waals surface area contributed by atoms with E-state index >= 15 is 0 Å². The van der Waals surface area contributed by atoms with Gasteiger partial charge in [0.25, 0.3) is 0 Å². The molecule has 1 aliphatic carbocycles. The molecule has 3 N–H and O–H groups in total. The molecule has 0 aromatic heterocycles. The molecule has 2 aliphatic rings. The van der Waals surface area contributed by atoms with Gasteiger partial charge in [0.15, 0.2) is 0 Å². The number of amides is 2. The lowest BCUT2D eigenvalue weighted by Gasteiger charge is -2.24. The number of hydrogen-bond acceptors (Lipinski definition) is 5. The monoisotopic (exact) mass is 466 g/mol. The van der Waals surface area contributed by atoms with Gasteiger partial charge in [-0.3, -0.25) is 4.79 Å². The number of carbonyl (C=O) groups excluding carboxylic acids is 2. The van der Waals surface area contributed by atoms with Gasteiger partial charge in [0, 0.05) is 31.3 Å². The van der Waals surface area contributed by atoms with Gasteiger partial charge < -0.3 is 25.2 Å². The van der Waals surface area contributed by atoms with Gasteiger partial charge in [-0.25, -0.2) is 9.59 Å². The summed E-state index contributed by atoms with van der Waals surface area (Å²) in [5.41, 5.74) is 4.63. The number of carboxylic acid groups (broad SMARTS) is 1. The van der Waals surface area contributed by atoms with Crippen molar-refractivity contribution in [1.29, 1.82) is 0 Å². The molecule has 1 saturated heterocycles. The van der Waals surface area contributed by atoms with E-state index < -0.39 is 30.1 Å². The number of alkyl carbamates (subject to hydrolysis) is 1. The number of ether oxygens (including phenoxy) is 1. The van der Waals surface area contributed by atoms with E-state index in [1.165, 1.54) is 16.0 Å². The van der Waals surface area contributed by atoms with Gasteiger partial charge in [0.2, 0.25) is 5.91 Å². The Balaban J connectivity index is 1.22. The van der Waals surface area contributed by atoms with Crippen LogP contribution in [0.3, 0.4) is 0 Å². The molecule has 0 spiro atoms. The van der Waals surface area contributed by atoms with Gasteiger partial charge in [-0.1, -0.05) is 55.5 Å². The van der Waals surface area contributed by atoms with Gasteiger partial charge in [-0.2, -0.15) is 0 Å². The molecule has 180 valence electrons. The van der Waals surface area contributed by atoms with Crippen molar-refractivity contribution >= 4 is 18.0 Å². The van der Waals surface area contributed by atoms with Gasteiger partial charge in [-0.05, 0) is 35.1 Å². The van der Waals surface area contributed by atoms with E-state index in [1.807, 2.05) is 24.3 Å². The maximum Gasteiger partial charge on any atom is 0.407 e. The quantitative estimate of drug-likeness (QED) is 0.515. The third kappa shape index (κ3) is 4.92. The molecular formula is C26H30N2O6. The molecule has 1 heterocycles. The Morgan fingerprint density at radius 2 is 1.71 bits per heavy atom. The number of β-amino-alcohol motifs (C(OH)–C–C–N with tert-alkyl or cyclic N) is 1. The fraction of sp³-hybridized carbons (Fsp3) is 0.423. The van der Waals surface area contributed by atoms with Crippen LogP contribution in [0, 0.1) is 5.92 Å². The fourth-order valence-corrected chi connectivity index (χ4v) is 4.95. The van der Waals surface area contributed by atoms with E-state index in [0.29, 0.717) is 19.4 Å². The molecule has 2 amide bonds. The first kappa shape index (κ1) is 23.8. The number of carboxylic acids is 1. The summed E-state index contributed by atoms with van der Waals surface area (Å²) in [6.45, 7) is 2.36. The van der Waals surface area contributed by atoms with Crippen LogP contribution in [0.5, 0.6) is 0 Å². The maximum absolute atomic E-state index is 12.6. The summed E-state index contributed by atoms with van der Waals surface area (Å²) >= 11 is 0. The van der Waals surface area contributed by atoms with Crippen LogP contribution >= 0.6 is 0 Å². The number of nitrogens with one attached hydrogen (secondary N) is 1. The summed E-state index contributed by atoms with van der Waals surface area (Å²) in [7, 11) is 0. The summed E-state index contributed by atoms with van der Waals surface area (Å²) in [6.07, 6.45) is -0.231. The number of aliphatic hydroxyl groups is 1. The number of rotatable bonds is 8. The van der Waals surface area contributed by atoms with Crippen LogP contribution in [0.25, 0.3) is 11.1 Å². The second-order valence-corrected chi connectivity index (χ2v) is 9.03. The van der Waals surface area contributed by atoms with E-state index in [0.717, 1.165) is 11.1 Å². The molecule has 0 radical (unpaired) electrons. The first-order valence-electron chi connectivity index (χ1n) is 11.7. The molecule has 4 rings (SSSR count). The van der Waals surface area contributed by atoms with Crippen LogP contribution < -0.4 is 5.32 Å². The minimum absolute atomic E-state index is 0.00575. The topological polar surface area (TPSA) is 116 Å². The molecule has 1 aliphatic heterocycles. The zero-order valence-electron chi connectivity index (χ0n) is 19.1. The molecule has 8 heteroatoms. The van der Waals surface area contributed by atoms with Gasteiger partial charge in [-0.15, -0.1) is 0 Å². The Hall–Kier alpha value is -3.39. The van der Waals surface area contributed by atoms with Crippen molar-refractivity contribution in [2.24, 2.45) is 5.92 Å². The molecule has 1 fully saturated rings. The Morgan fingerprint density at radius 3 is 2.32 bits per heavy atom. The van der Waals surface area contributed by atoms with E-state index in [4.69, 9.17) is 4.74 Å². The molecule has 34 heavy (non-hydrogen) atoms. The summed E-state index contributed by atoms with van der Waals surface area (Å²) in [5, 5.41) is 21.8.